The van der Waals surface area contributed by atoms with E-state index in [1.54, 1.807) is 42.5 Å². The predicted molar refractivity (Wildman–Crippen MR) is 113 cm³/mol. The maximum Gasteiger partial charge on any atom is 0.271 e. The number of nitrogens with one attached hydrogen (secondary N) is 2. The summed E-state index contributed by atoms with van der Waals surface area (Å²) in [4.78, 5) is 24.0. The Kier molecular flexibility index (Phi) is 6.89. The Bertz CT molecular complexity index is 1070. The summed E-state index contributed by atoms with van der Waals surface area (Å²) >= 11 is 0. The van der Waals surface area contributed by atoms with Crippen molar-refractivity contribution < 1.29 is 18.7 Å². The van der Waals surface area contributed by atoms with Gasteiger partial charge in [0.05, 0.1) is 11.9 Å². The van der Waals surface area contributed by atoms with Crippen molar-refractivity contribution >= 4 is 23.7 Å². The van der Waals surface area contributed by atoms with E-state index in [0.29, 0.717) is 16.9 Å². The first-order valence-electron chi connectivity index (χ1n) is 9.18. The Morgan fingerprint density at radius 2 is 1.80 bits per heavy atom. The highest BCUT2D eigenvalue weighted by molar-refractivity contribution is 5.95. The second-order valence-electron chi connectivity index (χ2n) is 6.45. The fourth-order valence-corrected chi connectivity index (χ4v) is 2.52. The number of anilines is 1. The molecule has 3 aromatic rings. The van der Waals surface area contributed by atoms with Crippen LogP contribution in [0.25, 0.3) is 0 Å². The van der Waals surface area contributed by atoms with Crippen LogP contribution in [0.4, 0.5) is 10.1 Å². The van der Waals surface area contributed by atoms with E-state index in [-0.39, 0.29) is 18.2 Å². The number of carbonyl (C=O) groups is 2. The molecule has 0 radical (unpaired) electrons. The van der Waals surface area contributed by atoms with Crippen LogP contribution >= 0.6 is 0 Å². The zero-order chi connectivity index (χ0) is 21.3. The number of ether oxygens (including phenoxy) is 1. The van der Waals surface area contributed by atoms with Gasteiger partial charge in [-0.2, -0.15) is 5.10 Å². The number of para-hydroxylation sites is 1. The van der Waals surface area contributed by atoms with E-state index < -0.39 is 11.7 Å². The standard InChI is InChI=1S/C23H20FN3O3/c1-16-9-11-18(12-10-16)23(29)27-25-14-17-5-4-6-19(13-17)30-15-22(28)26-21-8-3-2-7-20(21)24/h2-14H,15H2,1H3,(H,26,28)(H,27,29). The number of amides is 2. The number of benzene rings is 3. The first kappa shape index (κ1) is 20.7. The van der Waals surface area contributed by atoms with Crippen molar-refractivity contribution in [2.24, 2.45) is 5.10 Å². The minimum atomic E-state index is -0.517. The van der Waals surface area contributed by atoms with Gasteiger partial charge in [0.2, 0.25) is 0 Å². The van der Waals surface area contributed by atoms with Gasteiger partial charge in [0.25, 0.3) is 11.8 Å². The maximum absolute atomic E-state index is 13.6. The molecule has 152 valence electrons. The van der Waals surface area contributed by atoms with Crippen molar-refractivity contribution in [1.29, 1.82) is 0 Å². The van der Waals surface area contributed by atoms with Gasteiger partial charge in [-0.05, 0) is 48.9 Å². The molecule has 2 N–H and O–H groups in total. The first-order chi connectivity index (χ1) is 14.5. The topological polar surface area (TPSA) is 79.8 Å². The van der Waals surface area contributed by atoms with E-state index in [1.165, 1.54) is 24.4 Å². The number of aryl methyl sites for hydroxylation is 1. The summed E-state index contributed by atoms with van der Waals surface area (Å²) in [6.07, 6.45) is 1.47. The smallest absolute Gasteiger partial charge is 0.271 e. The van der Waals surface area contributed by atoms with Gasteiger partial charge in [0.1, 0.15) is 11.6 Å². The van der Waals surface area contributed by atoms with Gasteiger partial charge in [-0.1, -0.05) is 42.0 Å². The quantitative estimate of drug-likeness (QED) is 0.462. The molecule has 0 aromatic heterocycles. The third-order valence-electron chi connectivity index (χ3n) is 4.07. The number of hydrazone groups is 1. The van der Waals surface area contributed by atoms with Crippen LogP contribution in [-0.4, -0.2) is 24.6 Å². The van der Waals surface area contributed by atoms with Crippen molar-refractivity contribution in [1.82, 2.24) is 5.43 Å². The Morgan fingerprint density at radius 1 is 1.03 bits per heavy atom. The largest absolute Gasteiger partial charge is 0.484 e. The lowest BCUT2D eigenvalue weighted by Crippen LogP contribution is -2.20. The van der Waals surface area contributed by atoms with Crippen LogP contribution in [0, 0.1) is 12.7 Å². The molecule has 6 nitrogen and oxygen atoms in total. The molecule has 2 amide bonds. The molecule has 0 saturated heterocycles. The number of halogens is 1. The molecule has 0 aliphatic rings. The molecule has 0 aliphatic heterocycles. The molecule has 0 spiro atoms. The molecule has 0 bridgehead atoms. The SMILES string of the molecule is Cc1ccc(C(=O)NN=Cc2cccc(OCC(=O)Nc3ccccc3F)c2)cc1. The minimum Gasteiger partial charge on any atom is -0.484 e. The summed E-state index contributed by atoms with van der Waals surface area (Å²) in [7, 11) is 0. The van der Waals surface area contributed by atoms with Crippen molar-refractivity contribution in [2.45, 2.75) is 6.92 Å². The van der Waals surface area contributed by atoms with Crippen LogP contribution in [0.15, 0.2) is 77.9 Å². The Hall–Kier alpha value is -4.00. The lowest BCUT2D eigenvalue weighted by atomic mass is 10.1. The molecule has 3 rings (SSSR count). The molecule has 0 aliphatic carbocycles. The summed E-state index contributed by atoms with van der Waals surface area (Å²) in [6.45, 7) is 1.66. The van der Waals surface area contributed by atoms with Crippen LogP contribution in [-0.2, 0) is 4.79 Å². The molecule has 0 saturated carbocycles. The first-order valence-corrected chi connectivity index (χ1v) is 9.18. The number of rotatable bonds is 7. The molecule has 3 aromatic carbocycles. The zero-order valence-electron chi connectivity index (χ0n) is 16.3. The number of carbonyl (C=O) groups excluding carboxylic acids is 2. The van der Waals surface area contributed by atoms with Crippen LogP contribution in [0.2, 0.25) is 0 Å². The number of nitrogens with zero attached hydrogens (tertiary/aromatic N) is 1. The Morgan fingerprint density at radius 3 is 2.57 bits per heavy atom. The Balaban J connectivity index is 1.52. The zero-order valence-corrected chi connectivity index (χ0v) is 16.3. The fraction of sp³-hybridized carbons (Fsp3) is 0.0870. The van der Waals surface area contributed by atoms with E-state index >= 15 is 0 Å². The van der Waals surface area contributed by atoms with Gasteiger partial charge in [-0.15, -0.1) is 0 Å². The summed E-state index contributed by atoms with van der Waals surface area (Å²) in [6, 6.07) is 19.9. The normalized spacial score (nSPS) is 10.6. The minimum absolute atomic E-state index is 0.0938. The highest BCUT2D eigenvalue weighted by Crippen LogP contribution is 2.14. The van der Waals surface area contributed by atoms with Gasteiger partial charge in [-0.25, -0.2) is 9.82 Å². The monoisotopic (exact) mass is 405 g/mol. The number of hydrogen-bond acceptors (Lipinski definition) is 4. The van der Waals surface area contributed by atoms with Gasteiger partial charge < -0.3 is 10.1 Å². The summed E-state index contributed by atoms with van der Waals surface area (Å²) in [5.74, 6) is -0.878. The average Bonchev–Trinajstić information content (AvgIpc) is 2.75. The van der Waals surface area contributed by atoms with Crippen LogP contribution < -0.4 is 15.5 Å². The number of hydrogen-bond donors (Lipinski definition) is 2. The second-order valence-corrected chi connectivity index (χ2v) is 6.45. The third-order valence-corrected chi connectivity index (χ3v) is 4.07. The summed E-state index contributed by atoms with van der Waals surface area (Å²) in [5.41, 5.74) is 4.80. The van der Waals surface area contributed by atoms with E-state index in [1.807, 2.05) is 19.1 Å². The van der Waals surface area contributed by atoms with Crippen LogP contribution in [0.5, 0.6) is 5.75 Å². The van der Waals surface area contributed by atoms with E-state index in [4.69, 9.17) is 4.74 Å². The lowest BCUT2D eigenvalue weighted by molar-refractivity contribution is -0.118. The average molecular weight is 405 g/mol. The second kappa shape index (κ2) is 9.97. The molecule has 0 unspecified atom stereocenters. The van der Waals surface area contributed by atoms with Crippen LogP contribution in [0.1, 0.15) is 21.5 Å². The lowest BCUT2D eigenvalue weighted by Gasteiger charge is -2.08. The molecule has 0 heterocycles. The molecule has 30 heavy (non-hydrogen) atoms. The molecular weight excluding hydrogens is 385 g/mol. The van der Waals surface area contributed by atoms with Crippen molar-refractivity contribution in [3.05, 3.63) is 95.3 Å². The molecule has 0 fully saturated rings. The molecule has 7 heteroatoms. The van der Waals surface area contributed by atoms with Gasteiger partial charge in [-0.3, -0.25) is 9.59 Å². The van der Waals surface area contributed by atoms with Crippen LogP contribution in [0.3, 0.4) is 0 Å². The third kappa shape index (κ3) is 6.00. The highest BCUT2D eigenvalue weighted by Gasteiger charge is 2.07. The van der Waals surface area contributed by atoms with E-state index in [9.17, 15) is 14.0 Å². The molecular formula is C23H20FN3O3. The van der Waals surface area contributed by atoms with E-state index in [0.717, 1.165) is 5.56 Å². The van der Waals surface area contributed by atoms with Gasteiger partial charge in [0, 0.05) is 5.56 Å². The van der Waals surface area contributed by atoms with Gasteiger partial charge >= 0.3 is 0 Å². The van der Waals surface area contributed by atoms with Crippen molar-refractivity contribution in [3.8, 4) is 5.75 Å². The summed E-state index contributed by atoms with van der Waals surface area (Å²) < 4.78 is 19.0. The maximum atomic E-state index is 13.6. The van der Waals surface area contributed by atoms with Crippen molar-refractivity contribution in [2.75, 3.05) is 11.9 Å². The van der Waals surface area contributed by atoms with Crippen molar-refractivity contribution in [3.63, 3.8) is 0 Å². The fourth-order valence-electron chi connectivity index (χ4n) is 2.52. The Labute approximate surface area is 173 Å². The highest BCUT2D eigenvalue weighted by atomic mass is 19.1. The summed E-state index contributed by atoms with van der Waals surface area (Å²) in [5, 5.41) is 6.39. The van der Waals surface area contributed by atoms with E-state index in [2.05, 4.69) is 15.8 Å². The predicted octanol–water partition coefficient (Wildman–Crippen LogP) is 3.92. The van der Waals surface area contributed by atoms with Gasteiger partial charge in [0.15, 0.2) is 6.61 Å². The molecule has 0 atom stereocenters.